The van der Waals surface area contributed by atoms with Crippen molar-refractivity contribution in [2.45, 2.75) is 24.3 Å². The van der Waals surface area contributed by atoms with E-state index in [9.17, 15) is 13.2 Å². The molecule has 0 bridgehead atoms. The molecule has 0 atom stereocenters. The SMILES string of the molecule is NS(=O)(=O)c1ccc(CCNC(=O)CCNCc2ccncc2)cc1. The molecule has 25 heavy (non-hydrogen) atoms. The smallest absolute Gasteiger partial charge is 0.238 e. The van der Waals surface area contributed by atoms with Gasteiger partial charge in [0.15, 0.2) is 0 Å². The maximum atomic E-state index is 11.8. The Morgan fingerprint density at radius 2 is 1.68 bits per heavy atom. The van der Waals surface area contributed by atoms with Crippen molar-refractivity contribution in [3.05, 3.63) is 59.9 Å². The molecule has 0 aliphatic heterocycles. The van der Waals surface area contributed by atoms with Gasteiger partial charge in [0.2, 0.25) is 15.9 Å². The molecule has 0 fully saturated rings. The summed E-state index contributed by atoms with van der Waals surface area (Å²) in [7, 11) is -3.67. The average molecular weight is 362 g/mol. The summed E-state index contributed by atoms with van der Waals surface area (Å²) < 4.78 is 22.4. The first kappa shape index (κ1) is 19.0. The Balaban J connectivity index is 1.62. The van der Waals surface area contributed by atoms with Crippen molar-refractivity contribution >= 4 is 15.9 Å². The van der Waals surface area contributed by atoms with Crippen molar-refractivity contribution < 1.29 is 13.2 Å². The molecule has 1 amide bonds. The van der Waals surface area contributed by atoms with Crippen molar-refractivity contribution in [3.8, 4) is 0 Å². The van der Waals surface area contributed by atoms with Gasteiger partial charge in [0.1, 0.15) is 0 Å². The number of carbonyl (C=O) groups excluding carboxylic acids is 1. The molecular weight excluding hydrogens is 340 g/mol. The van der Waals surface area contributed by atoms with E-state index in [0.29, 0.717) is 32.5 Å². The molecule has 0 saturated carbocycles. The predicted molar refractivity (Wildman–Crippen MR) is 95.1 cm³/mol. The van der Waals surface area contributed by atoms with Crippen LogP contribution in [-0.4, -0.2) is 32.4 Å². The molecule has 0 aliphatic carbocycles. The van der Waals surface area contributed by atoms with Gasteiger partial charge in [-0.05, 0) is 41.8 Å². The Hall–Kier alpha value is -2.29. The molecule has 0 saturated heterocycles. The van der Waals surface area contributed by atoms with E-state index < -0.39 is 10.0 Å². The fourth-order valence-corrected chi connectivity index (χ4v) is 2.73. The number of pyridine rings is 1. The topological polar surface area (TPSA) is 114 Å². The van der Waals surface area contributed by atoms with Crippen molar-refractivity contribution in [1.29, 1.82) is 0 Å². The maximum Gasteiger partial charge on any atom is 0.238 e. The molecule has 0 radical (unpaired) electrons. The molecule has 2 rings (SSSR count). The van der Waals surface area contributed by atoms with Crippen molar-refractivity contribution in [1.82, 2.24) is 15.6 Å². The molecule has 4 N–H and O–H groups in total. The van der Waals surface area contributed by atoms with Crippen molar-refractivity contribution in [2.24, 2.45) is 5.14 Å². The molecule has 1 heterocycles. The first-order valence-corrected chi connectivity index (χ1v) is 9.48. The molecule has 1 aromatic heterocycles. The van der Waals surface area contributed by atoms with Crippen LogP contribution in [0.25, 0.3) is 0 Å². The number of hydrogen-bond acceptors (Lipinski definition) is 5. The summed E-state index contributed by atoms with van der Waals surface area (Å²) in [5.74, 6) is -0.0246. The zero-order valence-corrected chi connectivity index (χ0v) is 14.6. The molecule has 7 nitrogen and oxygen atoms in total. The highest BCUT2D eigenvalue weighted by Crippen LogP contribution is 2.08. The van der Waals surface area contributed by atoms with Gasteiger partial charge < -0.3 is 10.6 Å². The lowest BCUT2D eigenvalue weighted by molar-refractivity contribution is -0.120. The zero-order valence-electron chi connectivity index (χ0n) is 13.8. The van der Waals surface area contributed by atoms with Crippen molar-refractivity contribution in [3.63, 3.8) is 0 Å². The highest BCUT2D eigenvalue weighted by molar-refractivity contribution is 7.89. The Morgan fingerprint density at radius 3 is 2.32 bits per heavy atom. The molecule has 134 valence electrons. The molecule has 0 unspecified atom stereocenters. The van der Waals surface area contributed by atoms with Gasteiger partial charge in [-0.25, -0.2) is 13.6 Å². The van der Waals surface area contributed by atoms with Gasteiger partial charge in [0, 0.05) is 38.4 Å². The Labute approximate surface area is 147 Å². The lowest BCUT2D eigenvalue weighted by Crippen LogP contribution is -2.29. The standard InChI is InChI=1S/C17H22N4O3S/c18-25(23,24)16-3-1-14(2-4-16)7-12-21-17(22)8-11-20-13-15-5-9-19-10-6-15/h1-6,9-10,20H,7-8,11-13H2,(H,21,22)(H2,18,23,24). The molecule has 0 aliphatic rings. The number of benzene rings is 1. The number of aromatic nitrogens is 1. The molecule has 1 aromatic carbocycles. The number of nitrogens with zero attached hydrogens (tertiary/aromatic N) is 1. The number of amides is 1. The van der Waals surface area contributed by atoms with E-state index >= 15 is 0 Å². The van der Waals surface area contributed by atoms with Gasteiger partial charge in [-0.1, -0.05) is 12.1 Å². The fourth-order valence-electron chi connectivity index (χ4n) is 2.22. The summed E-state index contributed by atoms with van der Waals surface area (Å²) in [6.45, 7) is 1.79. The lowest BCUT2D eigenvalue weighted by atomic mass is 10.1. The van der Waals surface area contributed by atoms with Crippen LogP contribution in [-0.2, 0) is 27.8 Å². The third-order valence-electron chi connectivity index (χ3n) is 3.60. The van der Waals surface area contributed by atoms with Gasteiger partial charge in [0.25, 0.3) is 0 Å². The predicted octanol–water partition coefficient (Wildman–Crippen LogP) is 0.568. The Kier molecular flexibility index (Phi) is 7.05. The molecule has 0 spiro atoms. The number of nitrogens with two attached hydrogens (primary N) is 1. The van der Waals surface area contributed by atoms with Crippen LogP contribution in [0.1, 0.15) is 17.5 Å². The second-order valence-corrected chi connectivity index (χ2v) is 7.13. The lowest BCUT2D eigenvalue weighted by Gasteiger charge is -2.07. The minimum absolute atomic E-state index is 0.0246. The molecule has 2 aromatic rings. The van der Waals surface area contributed by atoms with Gasteiger partial charge >= 0.3 is 0 Å². The van der Waals surface area contributed by atoms with Crippen LogP contribution in [0, 0.1) is 0 Å². The summed E-state index contributed by atoms with van der Waals surface area (Å²) >= 11 is 0. The van der Waals surface area contributed by atoms with E-state index in [1.54, 1.807) is 24.5 Å². The molecular formula is C17H22N4O3S. The summed E-state index contributed by atoms with van der Waals surface area (Å²) in [4.78, 5) is 15.8. The summed E-state index contributed by atoms with van der Waals surface area (Å²) in [5, 5.41) is 11.1. The number of carbonyl (C=O) groups is 1. The number of hydrogen-bond donors (Lipinski definition) is 3. The van der Waals surface area contributed by atoms with E-state index in [-0.39, 0.29) is 10.8 Å². The van der Waals surface area contributed by atoms with Gasteiger partial charge in [-0.2, -0.15) is 0 Å². The third-order valence-corrected chi connectivity index (χ3v) is 4.52. The Bertz CT molecular complexity index is 777. The van der Waals surface area contributed by atoms with Crippen LogP contribution >= 0.6 is 0 Å². The van der Waals surface area contributed by atoms with E-state index in [1.807, 2.05) is 12.1 Å². The quantitative estimate of drug-likeness (QED) is 0.564. The van der Waals surface area contributed by atoms with Crippen LogP contribution in [0.5, 0.6) is 0 Å². The normalized spacial score (nSPS) is 11.2. The van der Waals surface area contributed by atoms with Gasteiger partial charge in [0.05, 0.1) is 4.90 Å². The summed E-state index contributed by atoms with van der Waals surface area (Å²) in [5.41, 5.74) is 2.06. The fraction of sp³-hybridized carbons (Fsp3) is 0.294. The van der Waals surface area contributed by atoms with E-state index in [4.69, 9.17) is 5.14 Å². The summed E-state index contributed by atoms with van der Waals surface area (Å²) in [6, 6.07) is 10.2. The van der Waals surface area contributed by atoms with Crippen LogP contribution in [0.2, 0.25) is 0 Å². The van der Waals surface area contributed by atoms with E-state index in [0.717, 1.165) is 11.1 Å². The first-order chi connectivity index (χ1) is 11.9. The number of rotatable bonds is 9. The third kappa shape index (κ3) is 7.00. The summed E-state index contributed by atoms with van der Waals surface area (Å²) in [6.07, 6.45) is 4.49. The number of sulfonamides is 1. The Morgan fingerprint density at radius 1 is 1.00 bits per heavy atom. The number of nitrogens with one attached hydrogen (secondary N) is 2. The van der Waals surface area contributed by atoms with Gasteiger partial charge in [-0.15, -0.1) is 0 Å². The molecule has 8 heteroatoms. The largest absolute Gasteiger partial charge is 0.356 e. The van der Waals surface area contributed by atoms with E-state index in [1.165, 1.54) is 12.1 Å². The zero-order chi connectivity index (χ0) is 18.1. The van der Waals surface area contributed by atoms with Crippen LogP contribution < -0.4 is 15.8 Å². The second kappa shape index (κ2) is 9.26. The van der Waals surface area contributed by atoms with Crippen LogP contribution in [0.3, 0.4) is 0 Å². The maximum absolute atomic E-state index is 11.8. The van der Waals surface area contributed by atoms with Gasteiger partial charge in [-0.3, -0.25) is 9.78 Å². The average Bonchev–Trinajstić information content (AvgIpc) is 2.59. The van der Waals surface area contributed by atoms with Crippen LogP contribution in [0.4, 0.5) is 0 Å². The first-order valence-electron chi connectivity index (χ1n) is 7.93. The minimum atomic E-state index is -3.67. The monoisotopic (exact) mass is 362 g/mol. The highest BCUT2D eigenvalue weighted by atomic mass is 32.2. The second-order valence-electron chi connectivity index (χ2n) is 5.57. The van der Waals surface area contributed by atoms with Crippen LogP contribution in [0.15, 0.2) is 53.7 Å². The minimum Gasteiger partial charge on any atom is -0.356 e. The highest BCUT2D eigenvalue weighted by Gasteiger charge is 2.07. The van der Waals surface area contributed by atoms with E-state index in [2.05, 4.69) is 15.6 Å². The van der Waals surface area contributed by atoms with Crippen molar-refractivity contribution in [2.75, 3.05) is 13.1 Å². The number of primary sulfonamides is 1.